The fourth-order valence-electron chi connectivity index (χ4n) is 5.28. The van der Waals surface area contributed by atoms with Crippen molar-refractivity contribution in [3.05, 3.63) is 64.5 Å². The molecule has 9 nitrogen and oxygen atoms in total. The van der Waals surface area contributed by atoms with E-state index in [1.165, 1.54) is 0 Å². The van der Waals surface area contributed by atoms with Crippen LogP contribution in [0, 0.1) is 5.41 Å². The third kappa shape index (κ3) is 4.39. The number of hydrogen-bond acceptors (Lipinski definition) is 7. The van der Waals surface area contributed by atoms with E-state index in [-0.39, 0.29) is 17.3 Å². The molecule has 0 unspecified atom stereocenters. The monoisotopic (exact) mass is 572 g/mol. The van der Waals surface area contributed by atoms with Crippen LogP contribution in [0.15, 0.2) is 48.9 Å². The van der Waals surface area contributed by atoms with Gasteiger partial charge in [-0.3, -0.25) is 10.1 Å². The summed E-state index contributed by atoms with van der Waals surface area (Å²) in [6.45, 7) is 6.39. The molecule has 5 heterocycles. The van der Waals surface area contributed by atoms with E-state index in [1.807, 2.05) is 43.5 Å². The molecular weight excluding hydrogens is 547 g/mol. The van der Waals surface area contributed by atoms with E-state index in [9.17, 15) is 8.42 Å². The number of aromatic amines is 1. The minimum Gasteiger partial charge on any atom is -0.486 e. The molecule has 2 aliphatic heterocycles. The average Bonchev–Trinajstić information content (AvgIpc) is 3.26. The van der Waals surface area contributed by atoms with Crippen LogP contribution < -0.4 is 9.64 Å². The van der Waals surface area contributed by atoms with E-state index >= 15 is 0 Å². The number of sulfonamides is 1. The fourth-order valence-corrected chi connectivity index (χ4v) is 7.26. The summed E-state index contributed by atoms with van der Waals surface area (Å²) in [5.41, 5.74) is 3.27. The lowest BCUT2D eigenvalue weighted by Gasteiger charge is -2.59. The molecule has 1 aromatic carbocycles. The Labute approximate surface area is 230 Å². The first kappa shape index (κ1) is 25.4. The summed E-state index contributed by atoms with van der Waals surface area (Å²) < 4.78 is 31.8. The van der Waals surface area contributed by atoms with Gasteiger partial charge in [0.1, 0.15) is 23.4 Å². The highest BCUT2D eigenvalue weighted by Crippen LogP contribution is 2.43. The molecule has 3 aromatic heterocycles. The zero-order valence-corrected chi connectivity index (χ0v) is 23.2. The lowest BCUT2D eigenvalue weighted by atomic mass is 9.74. The molecule has 2 aliphatic rings. The van der Waals surface area contributed by atoms with Crippen molar-refractivity contribution < 1.29 is 13.2 Å². The predicted molar refractivity (Wildman–Crippen MR) is 148 cm³/mol. The number of aromatic nitrogens is 4. The Kier molecular flexibility index (Phi) is 6.26. The second-order valence-electron chi connectivity index (χ2n) is 9.99. The van der Waals surface area contributed by atoms with Gasteiger partial charge in [-0.05, 0) is 44.2 Å². The maximum atomic E-state index is 12.0. The van der Waals surface area contributed by atoms with Gasteiger partial charge < -0.3 is 9.64 Å². The molecule has 1 N–H and O–H groups in total. The molecule has 1 spiro atoms. The third-order valence-electron chi connectivity index (χ3n) is 7.32. The van der Waals surface area contributed by atoms with Crippen LogP contribution in [0.1, 0.15) is 25.5 Å². The SMILES string of the molecule is CCS(=O)(=O)N1CC2(CN(c3ccc(-c4n[nH]c5ccc(O[C@H](C)c6c(Cl)cncc6Cl)cc45)cn3)C2)C1. The quantitative estimate of drug-likeness (QED) is 0.334. The van der Waals surface area contributed by atoms with Gasteiger partial charge in [-0.1, -0.05) is 23.2 Å². The second kappa shape index (κ2) is 9.37. The Bertz CT molecular complexity index is 1590. The van der Waals surface area contributed by atoms with Crippen LogP contribution in [0.5, 0.6) is 5.75 Å². The molecule has 12 heteroatoms. The number of ether oxygens (including phenoxy) is 1. The molecule has 38 heavy (non-hydrogen) atoms. The van der Waals surface area contributed by atoms with Crippen molar-refractivity contribution in [2.24, 2.45) is 5.41 Å². The number of fused-ring (bicyclic) bond motifs is 1. The first-order valence-electron chi connectivity index (χ1n) is 12.3. The Morgan fingerprint density at radius 3 is 2.47 bits per heavy atom. The highest BCUT2D eigenvalue weighted by molar-refractivity contribution is 7.89. The minimum atomic E-state index is -3.10. The Balaban J connectivity index is 1.16. The van der Waals surface area contributed by atoms with Crippen LogP contribution in [0.3, 0.4) is 0 Å². The van der Waals surface area contributed by atoms with Crippen molar-refractivity contribution in [1.82, 2.24) is 24.5 Å². The average molecular weight is 574 g/mol. The van der Waals surface area contributed by atoms with Gasteiger partial charge in [0.05, 0.1) is 21.3 Å². The smallest absolute Gasteiger partial charge is 0.213 e. The normalized spacial score (nSPS) is 17.8. The van der Waals surface area contributed by atoms with Crippen molar-refractivity contribution >= 4 is 49.9 Å². The van der Waals surface area contributed by atoms with Crippen LogP contribution >= 0.6 is 23.2 Å². The summed E-state index contributed by atoms with van der Waals surface area (Å²) in [5, 5.41) is 9.41. The minimum absolute atomic E-state index is 0.0548. The summed E-state index contributed by atoms with van der Waals surface area (Å²) in [4.78, 5) is 10.9. The van der Waals surface area contributed by atoms with Gasteiger partial charge in [0.2, 0.25) is 10.0 Å². The lowest BCUT2D eigenvalue weighted by Crippen LogP contribution is -2.73. The molecule has 2 saturated heterocycles. The zero-order valence-electron chi connectivity index (χ0n) is 20.9. The number of H-pyrrole nitrogens is 1. The van der Waals surface area contributed by atoms with Crippen molar-refractivity contribution in [3.8, 4) is 17.0 Å². The maximum absolute atomic E-state index is 12.0. The summed E-state index contributed by atoms with van der Waals surface area (Å²) in [5.74, 6) is 1.68. The molecule has 2 fully saturated rings. The van der Waals surface area contributed by atoms with E-state index in [2.05, 4.69) is 25.1 Å². The summed E-state index contributed by atoms with van der Waals surface area (Å²) in [6.07, 6.45) is 4.54. The van der Waals surface area contributed by atoms with Gasteiger partial charge in [0.15, 0.2) is 0 Å². The summed E-state index contributed by atoms with van der Waals surface area (Å²) in [7, 11) is -3.10. The number of nitrogens with zero attached hydrogens (tertiary/aromatic N) is 5. The van der Waals surface area contributed by atoms with Crippen LogP contribution in [0.2, 0.25) is 10.0 Å². The van der Waals surface area contributed by atoms with Crippen LogP contribution in [0.25, 0.3) is 22.2 Å². The number of pyridine rings is 2. The standard InChI is InChI=1S/C26H26Cl2N6O3S/c1-3-38(35,36)34-14-26(15-34)12-33(13-26)23-7-4-17(9-30-23)25-19-8-18(5-6-22(19)31-32-25)37-16(2)24-20(27)10-29-11-21(24)28/h4-11,16H,3,12-15H2,1-2H3,(H,31,32)/t16-/m1/s1. The highest BCUT2D eigenvalue weighted by Gasteiger charge is 2.54. The Morgan fingerprint density at radius 1 is 1.08 bits per heavy atom. The topological polar surface area (TPSA) is 104 Å². The number of halogens is 2. The number of nitrogens with one attached hydrogen (secondary N) is 1. The molecular formula is C26H26Cl2N6O3S. The molecule has 0 radical (unpaired) electrons. The highest BCUT2D eigenvalue weighted by atomic mass is 35.5. The first-order chi connectivity index (χ1) is 18.2. The number of rotatable bonds is 7. The van der Waals surface area contributed by atoms with Crippen molar-refractivity contribution in [2.45, 2.75) is 20.0 Å². The van der Waals surface area contributed by atoms with Gasteiger partial charge in [-0.25, -0.2) is 17.7 Å². The largest absolute Gasteiger partial charge is 0.486 e. The van der Waals surface area contributed by atoms with Crippen molar-refractivity contribution in [1.29, 1.82) is 0 Å². The molecule has 198 valence electrons. The van der Waals surface area contributed by atoms with Gasteiger partial charge in [-0.2, -0.15) is 5.10 Å². The van der Waals surface area contributed by atoms with Crippen molar-refractivity contribution in [3.63, 3.8) is 0 Å². The predicted octanol–water partition coefficient (Wildman–Crippen LogP) is 4.94. The number of hydrogen-bond donors (Lipinski definition) is 1. The van der Waals surface area contributed by atoms with E-state index in [1.54, 1.807) is 23.6 Å². The van der Waals surface area contributed by atoms with E-state index < -0.39 is 10.0 Å². The van der Waals surface area contributed by atoms with E-state index in [0.29, 0.717) is 34.4 Å². The molecule has 6 rings (SSSR count). The van der Waals surface area contributed by atoms with Gasteiger partial charge >= 0.3 is 0 Å². The molecule has 0 aliphatic carbocycles. The van der Waals surface area contributed by atoms with E-state index in [4.69, 9.17) is 27.9 Å². The maximum Gasteiger partial charge on any atom is 0.213 e. The van der Waals surface area contributed by atoms with Gasteiger partial charge in [0, 0.05) is 66.7 Å². The van der Waals surface area contributed by atoms with Crippen LogP contribution in [-0.4, -0.2) is 64.8 Å². The summed E-state index contributed by atoms with van der Waals surface area (Å²) in [6, 6.07) is 9.72. The second-order valence-corrected chi connectivity index (χ2v) is 13.1. The molecule has 0 bridgehead atoms. The summed E-state index contributed by atoms with van der Waals surface area (Å²) >= 11 is 12.6. The molecule has 0 amide bonds. The van der Waals surface area contributed by atoms with Crippen molar-refractivity contribution in [2.75, 3.05) is 36.8 Å². The number of anilines is 1. The fraction of sp³-hybridized carbons (Fsp3) is 0.346. The lowest BCUT2D eigenvalue weighted by molar-refractivity contribution is 0.0391. The van der Waals surface area contributed by atoms with Crippen LogP contribution in [0.4, 0.5) is 5.82 Å². The Morgan fingerprint density at radius 2 is 1.82 bits per heavy atom. The van der Waals surface area contributed by atoms with Gasteiger partial charge in [0.25, 0.3) is 0 Å². The number of benzene rings is 1. The molecule has 4 aromatic rings. The first-order valence-corrected chi connectivity index (χ1v) is 14.7. The molecule has 0 saturated carbocycles. The third-order valence-corrected chi connectivity index (χ3v) is 9.70. The van der Waals surface area contributed by atoms with Crippen LogP contribution in [-0.2, 0) is 10.0 Å². The molecule has 1 atom stereocenters. The zero-order chi connectivity index (χ0) is 26.7. The van der Waals surface area contributed by atoms with Gasteiger partial charge in [-0.15, -0.1) is 0 Å². The van der Waals surface area contributed by atoms with E-state index in [0.717, 1.165) is 41.1 Å². The Hall–Kier alpha value is -2.92.